The quantitative estimate of drug-likeness (QED) is 0.360. The number of aromatic nitrogens is 5. The zero-order valence-corrected chi connectivity index (χ0v) is 18.0. The van der Waals surface area contributed by atoms with E-state index in [1.54, 1.807) is 17.6 Å². The van der Waals surface area contributed by atoms with Crippen LogP contribution < -0.4 is 16.6 Å². The van der Waals surface area contributed by atoms with Gasteiger partial charge >= 0.3 is 5.69 Å². The van der Waals surface area contributed by atoms with Gasteiger partial charge < -0.3 is 5.32 Å². The molecule has 0 radical (unpaired) electrons. The molecular formula is C19H15FN6O3S2. The number of amides is 1. The molecule has 3 aromatic heterocycles. The van der Waals surface area contributed by atoms with Crippen molar-refractivity contribution in [3.8, 4) is 11.4 Å². The first kappa shape index (κ1) is 20.9. The van der Waals surface area contributed by atoms with Gasteiger partial charge in [0.1, 0.15) is 16.2 Å². The third kappa shape index (κ3) is 4.11. The summed E-state index contributed by atoms with van der Waals surface area (Å²) in [6.07, 6.45) is 1.57. The van der Waals surface area contributed by atoms with E-state index >= 15 is 0 Å². The number of hydrogen-bond acceptors (Lipinski definition) is 8. The van der Waals surface area contributed by atoms with Gasteiger partial charge in [0, 0.05) is 31.2 Å². The van der Waals surface area contributed by atoms with E-state index in [1.165, 1.54) is 48.2 Å². The van der Waals surface area contributed by atoms with Gasteiger partial charge in [-0.25, -0.2) is 24.1 Å². The van der Waals surface area contributed by atoms with E-state index in [4.69, 9.17) is 0 Å². The second kappa shape index (κ2) is 8.40. The number of fused-ring (bicyclic) bond motifs is 1. The van der Waals surface area contributed by atoms with Crippen molar-refractivity contribution >= 4 is 45.2 Å². The normalized spacial score (nSPS) is 11.1. The van der Waals surface area contributed by atoms with Crippen molar-refractivity contribution in [1.82, 2.24) is 24.1 Å². The molecule has 0 spiro atoms. The van der Waals surface area contributed by atoms with Crippen LogP contribution in [0.1, 0.15) is 0 Å². The molecule has 0 saturated carbocycles. The number of rotatable bonds is 5. The molecule has 1 N–H and O–H groups in total. The van der Waals surface area contributed by atoms with E-state index < -0.39 is 17.1 Å². The van der Waals surface area contributed by atoms with E-state index in [-0.39, 0.29) is 33.5 Å². The lowest BCUT2D eigenvalue weighted by atomic mass is 10.2. The minimum absolute atomic E-state index is 0.0553. The SMILES string of the molecule is Cn1c(=O)c2c(SCC(=O)Nc3nccs3)nc(-c3cccc(F)c3)nc2n(C)c1=O. The van der Waals surface area contributed by atoms with Crippen molar-refractivity contribution in [3.63, 3.8) is 0 Å². The van der Waals surface area contributed by atoms with Crippen molar-refractivity contribution in [1.29, 1.82) is 0 Å². The number of carbonyl (C=O) groups is 1. The van der Waals surface area contributed by atoms with Crippen molar-refractivity contribution in [3.05, 3.63) is 62.5 Å². The van der Waals surface area contributed by atoms with Crippen LogP contribution >= 0.6 is 23.1 Å². The fourth-order valence-corrected chi connectivity index (χ4v) is 4.22. The fourth-order valence-electron chi connectivity index (χ4n) is 2.86. The van der Waals surface area contributed by atoms with Crippen LogP contribution in [0.4, 0.5) is 9.52 Å². The molecule has 0 bridgehead atoms. The van der Waals surface area contributed by atoms with Crippen LogP contribution in [0.5, 0.6) is 0 Å². The molecule has 3 heterocycles. The maximum Gasteiger partial charge on any atom is 0.332 e. The van der Waals surface area contributed by atoms with Crippen molar-refractivity contribution in [2.75, 3.05) is 11.1 Å². The first-order valence-corrected chi connectivity index (χ1v) is 10.8. The lowest BCUT2D eigenvalue weighted by Crippen LogP contribution is -2.37. The monoisotopic (exact) mass is 458 g/mol. The topological polar surface area (TPSA) is 112 Å². The third-order valence-corrected chi connectivity index (χ3v) is 6.03. The molecule has 0 aliphatic heterocycles. The van der Waals surface area contributed by atoms with Gasteiger partial charge in [0.05, 0.1) is 5.75 Å². The number of hydrogen-bond donors (Lipinski definition) is 1. The Morgan fingerprint density at radius 1 is 1.23 bits per heavy atom. The molecule has 31 heavy (non-hydrogen) atoms. The van der Waals surface area contributed by atoms with E-state index in [0.717, 1.165) is 16.3 Å². The highest BCUT2D eigenvalue weighted by atomic mass is 32.2. The second-order valence-corrected chi connectivity index (χ2v) is 8.30. The van der Waals surface area contributed by atoms with Gasteiger partial charge in [0.2, 0.25) is 5.91 Å². The van der Waals surface area contributed by atoms with Gasteiger partial charge in [-0.1, -0.05) is 23.9 Å². The largest absolute Gasteiger partial charge is 0.332 e. The third-order valence-electron chi connectivity index (χ3n) is 4.37. The highest BCUT2D eigenvalue weighted by Crippen LogP contribution is 2.26. The Hall–Kier alpha value is -3.38. The summed E-state index contributed by atoms with van der Waals surface area (Å²) in [6.45, 7) is 0. The summed E-state index contributed by atoms with van der Waals surface area (Å²) in [5.41, 5.74) is -0.653. The van der Waals surface area contributed by atoms with Gasteiger partial charge in [0.25, 0.3) is 5.56 Å². The van der Waals surface area contributed by atoms with Crippen LogP contribution in [0, 0.1) is 5.82 Å². The molecule has 1 aromatic carbocycles. The number of thiazole rings is 1. The minimum atomic E-state index is -0.577. The zero-order valence-electron chi connectivity index (χ0n) is 16.3. The Morgan fingerprint density at radius 3 is 2.74 bits per heavy atom. The summed E-state index contributed by atoms with van der Waals surface area (Å²) in [4.78, 5) is 50.3. The van der Waals surface area contributed by atoms with Gasteiger partial charge in [-0.15, -0.1) is 11.3 Å². The van der Waals surface area contributed by atoms with Crippen LogP contribution in [0.2, 0.25) is 0 Å². The van der Waals surface area contributed by atoms with Gasteiger partial charge in [-0.3, -0.25) is 18.7 Å². The number of nitrogens with one attached hydrogen (secondary N) is 1. The molecule has 4 rings (SSSR count). The van der Waals surface area contributed by atoms with E-state index in [1.807, 2.05) is 0 Å². The smallest absolute Gasteiger partial charge is 0.301 e. The number of nitrogens with zero attached hydrogens (tertiary/aromatic N) is 5. The van der Waals surface area contributed by atoms with Crippen LogP contribution in [0.3, 0.4) is 0 Å². The average Bonchev–Trinajstić information content (AvgIpc) is 3.27. The minimum Gasteiger partial charge on any atom is -0.301 e. The molecule has 0 aliphatic carbocycles. The highest BCUT2D eigenvalue weighted by Gasteiger charge is 2.19. The molecule has 4 aromatic rings. The van der Waals surface area contributed by atoms with E-state index in [0.29, 0.717) is 10.7 Å². The van der Waals surface area contributed by atoms with Gasteiger partial charge in [-0.2, -0.15) is 0 Å². The molecule has 0 aliphatic rings. The number of carbonyl (C=O) groups excluding carboxylic acids is 1. The van der Waals surface area contributed by atoms with Crippen molar-refractivity contribution < 1.29 is 9.18 Å². The number of thioether (sulfide) groups is 1. The molecular weight excluding hydrogens is 443 g/mol. The summed E-state index contributed by atoms with van der Waals surface area (Å²) >= 11 is 2.30. The maximum absolute atomic E-state index is 13.7. The van der Waals surface area contributed by atoms with Crippen LogP contribution in [-0.2, 0) is 18.9 Å². The van der Waals surface area contributed by atoms with E-state index in [9.17, 15) is 18.8 Å². The standard InChI is InChI=1S/C19H15FN6O3S2/c1-25-15-13(17(28)26(2)19(25)29)16(31-9-12(27)22-18-21-6-7-30-18)24-14(23-15)10-4-3-5-11(20)8-10/h3-8H,9H2,1-2H3,(H,21,22,27). The Morgan fingerprint density at radius 2 is 2.03 bits per heavy atom. The molecule has 158 valence electrons. The molecule has 0 saturated heterocycles. The Kier molecular flexibility index (Phi) is 5.65. The molecule has 0 fully saturated rings. The average molecular weight is 459 g/mol. The summed E-state index contributed by atoms with van der Waals surface area (Å²) in [7, 11) is 2.84. The Labute approximate surface area is 182 Å². The molecule has 12 heteroatoms. The van der Waals surface area contributed by atoms with Crippen LogP contribution in [-0.4, -0.2) is 35.7 Å². The number of aryl methyl sites for hydroxylation is 1. The number of halogens is 1. The van der Waals surface area contributed by atoms with Crippen LogP contribution in [0.25, 0.3) is 22.4 Å². The van der Waals surface area contributed by atoms with Crippen LogP contribution in [0.15, 0.2) is 50.5 Å². The predicted octanol–water partition coefficient (Wildman–Crippen LogP) is 2.02. The lowest BCUT2D eigenvalue weighted by molar-refractivity contribution is -0.113. The molecule has 0 unspecified atom stereocenters. The predicted molar refractivity (Wildman–Crippen MR) is 117 cm³/mol. The molecule has 1 amide bonds. The lowest BCUT2D eigenvalue weighted by Gasteiger charge is -2.12. The number of anilines is 1. The molecule has 0 atom stereocenters. The summed E-state index contributed by atoms with van der Waals surface area (Å²) < 4.78 is 15.9. The Balaban J connectivity index is 1.82. The Bertz CT molecular complexity index is 1410. The van der Waals surface area contributed by atoms with Gasteiger partial charge in [0.15, 0.2) is 16.6 Å². The fraction of sp³-hybridized carbons (Fsp3) is 0.158. The summed E-state index contributed by atoms with van der Waals surface area (Å²) in [5, 5.41) is 5.17. The van der Waals surface area contributed by atoms with Crippen molar-refractivity contribution in [2.24, 2.45) is 14.1 Å². The van der Waals surface area contributed by atoms with Crippen molar-refractivity contribution in [2.45, 2.75) is 5.03 Å². The molecule has 9 nitrogen and oxygen atoms in total. The first-order valence-electron chi connectivity index (χ1n) is 8.91. The maximum atomic E-state index is 13.7. The van der Waals surface area contributed by atoms with Gasteiger partial charge in [-0.05, 0) is 12.1 Å². The second-order valence-electron chi connectivity index (χ2n) is 6.44. The van der Waals surface area contributed by atoms with E-state index in [2.05, 4.69) is 20.3 Å². The zero-order chi connectivity index (χ0) is 22.1. The highest BCUT2D eigenvalue weighted by molar-refractivity contribution is 8.00. The number of benzene rings is 1. The first-order chi connectivity index (χ1) is 14.8. The summed E-state index contributed by atoms with van der Waals surface area (Å²) in [5.74, 6) is -0.727. The summed E-state index contributed by atoms with van der Waals surface area (Å²) in [6, 6.07) is 5.67.